The highest BCUT2D eigenvalue weighted by molar-refractivity contribution is 6.21. The number of methoxy groups -OCH3 is 1. The monoisotopic (exact) mass is 597 g/mol. The van der Waals surface area contributed by atoms with Crippen LogP contribution in [0, 0.1) is 24.6 Å². The van der Waals surface area contributed by atoms with Gasteiger partial charge in [0, 0.05) is 36.0 Å². The first-order chi connectivity index (χ1) is 21.3. The van der Waals surface area contributed by atoms with E-state index in [0.717, 1.165) is 31.2 Å². The van der Waals surface area contributed by atoms with Crippen LogP contribution in [0.3, 0.4) is 0 Å². The highest BCUT2D eigenvalue weighted by Crippen LogP contribution is 2.35. The molecule has 0 spiro atoms. The van der Waals surface area contributed by atoms with Gasteiger partial charge in [-0.25, -0.2) is 14.2 Å². The molecule has 3 aromatic carbocycles. The molecule has 3 aliphatic heterocycles. The summed E-state index contributed by atoms with van der Waals surface area (Å²) in [6.07, 6.45) is 3.04. The minimum Gasteiger partial charge on any atom is -0.497 e. The largest absolute Gasteiger partial charge is 0.497 e. The maximum Gasteiger partial charge on any atom is 0.321 e. The third-order valence-corrected chi connectivity index (χ3v) is 8.81. The molecule has 3 heterocycles. The van der Waals surface area contributed by atoms with Crippen LogP contribution >= 0.6 is 0 Å². The lowest BCUT2D eigenvalue weighted by Crippen LogP contribution is -2.52. The van der Waals surface area contributed by atoms with Crippen LogP contribution < -0.4 is 20.3 Å². The zero-order valence-electron chi connectivity index (χ0n) is 24.9. The normalized spacial score (nSPS) is 21.1. The quantitative estimate of drug-likeness (QED) is 0.412. The van der Waals surface area contributed by atoms with E-state index in [1.165, 1.54) is 18.1 Å². The van der Waals surface area contributed by atoms with Crippen LogP contribution in [-0.2, 0) is 9.59 Å². The molecule has 1 aliphatic carbocycles. The average Bonchev–Trinajstić information content (AvgIpc) is 3.41. The van der Waals surface area contributed by atoms with Crippen molar-refractivity contribution in [3.8, 4) is 5.75 Å². The molecular weight excluding hydrogens is 561 g/mol. The number of carbonyl (C=O) groups excluding carboxylic acids is 3. The number of rotatable bonds is 6. The maximum absolute atomic E-state index is 15.3. The Kier molecular flexibility index (Phi) is 8.32. The summed E-state index contributed by atoms with van der Waals surface area (Å²) in [6, 6.07) is 17.7. The van der Waals surface area contributed by atoms with E-state index in [2.05, 4.69) is 15.6 Å². The number of halogens is 1. The fourth-order valence-electron chi connectivity index (χ4n) is 6.56. The Morgan fingerprint density at radius 1 is 0.955 bits per heavy atom. The molecule has 1 saturated carbocycles. The van der Waals surface area contributed by atoms with Crippen molar-refractivity contribution in [2.45, 2.75) is 38.8 Å². The number of benzene rings is 3. The van der Waals surface area contributed by atoms with Crippen molar-refractivity contribution in [3.63, 3.8) is 0 Å². The number of amides is 4. The molecule has 0 radical (unpaired) electrons. The molecule has 1 unspecified atom stereocenters. The number of nitrogens with one attached hydrogen (secondary N) is 2. The van der Waals surface area contributed by atoms with Gasteiger partial charge in [-0.3, -0.25) is 14.5 Å². The number of fused-ring (bicyclic) bond motifs is 5. The predicted octanol–water partition coefficient (Wildman–Crippen LogP) is 5.12. The van der Waals surface area contributed by atoms with E-state index >= 15 is 4.39 Å². The van der Waals surface area contributed by atoms with Crippen LogP contribution in [0.5, 0.6) is 5.75 Å². The summed E-state index contributed by atoms with van der Waals surface area (Å²) in [7, 11) is 1.52. The Balaban J connectivity index is 1.37. The van der Waals surface area contributed by atoms with E-state index < -0.39 is 23.9 Å². The number of nitrogens with zero attached hydrogens (tertiary/aromatic N) is 3. The van der Waals surface area contributed by atoms with Crippen LogP contribution in [-0.4, -0.2) is 61.4 Å². The number of benzodiazepines with no additional fused rings is 1. The molecular formula is C34H36FN5O4. The number of anilines is 2. The van der Waals surface area contributed by atoms with Crippen molar-refractivity contribution in [2.75, 3.05) is 37.0 Å². The van der Waals surface area contributed by atoms with Gasteiger partial charge in [-0.1, -0.05) is 36.4 Å². The van der Waals surface area contributed by atoms with Crippen molar-refractivity contribution < 1.29 is 23.5 Å². The smallest absolute Gasteiger partial charge is 0.321 e. The molecule has 2 N–H and O–H groups in total. The van der Waals surface area contributed by atoms with Crippen molar-refractivity contribution in [1.29, 1.82) is 0 Å². The molecule has 10 heteroatoms. The van der Waals surface area contributed by atoms with Crippen LogP contribution in [0.15, 0.2) is 71.7 Å². The van der Waals surface area contributed by atoms with E-state index in [1.807, 2.05) is 24.0 Å². The van der Waals surface area contributed by atoms with Crippen molar-refractivity contribution in [1.82, 2.24) is 10.2 Å². The number of urea groups is 1. The SMILES string of the molecule is COc1cccc(NC(=O)NC2N=C(c3ccccc3F)c3cccc(C)c3N(CC(=O)N3CC4CCC(CC4)C3)C2=O)c1. The summed E-state index contributed by atoms with van der Waals surface area (Å²) in [4.78, 5) is 49.4. The van der Waals surface area contributed by atoms with Crippen molar-refractivity contribution in [3.05, 3.63) is 89.2 Å². The number of hydrogen-bond acceptors (Lipinski definition) is 5. The first-order valence-electron chi connectivity index (χ1n) is 15.0. The Morgan fingerprint density at radius 2 is 1.64 bits per heavy atom. The lowest BCUT2D eigenvalue weighted by molar-refractivity contribution is -0.132. The summed E-state index contributed by atoms with van der Waals surface area (Å²) in [5, 5.41) is 5.38. The van der Waals surface area contributed by atoms with E-state index in [4.69, 9.17) is 4.74 Å². The lowest BCUT2D eigenvalue weighted by atomic mass is 9.84. The second kappa shape index (κ2) is 12.5. The topological polar surface area (TPSA) is 103 Å². The average molecular weight is 598 g/mol. The van der Waals surface area contributed by atoms with Gasteiger partial charge >= 0.3 is 6.03 Å². The first-order valence-corrected chi connectivity index (χ1v) is 15.0. The Morgan fingerprint density at radius 3 is 2.34 bits per heavy atom. The molecule has 1 atom stereocenters. The van der Waals surface area contributed by atoms with Gasteiger partial charge in [0.15, 0.2) is 0 Å². The second-order valence-electron chi connectivity index (χ2n) is 11.8. The molecule has 0 aromatic heterocycles. The third-order valence-electron chi connectivity index (χ3n) is 8.81. The van der Waals surface area contributed by atoms with Crippen LogP contribution in [0.1, 0.15) is 42.4 Å². The summed E-state index contributed by atoms with van der Waals surface area (Å²) in [5.74, 6) is 0.231. The van der Waals surface area contributed by atoms with Gasteiger partial charge in [-0.15, -0.1) is 0 Å². The standard InChI is InChI=1S/C34H36FN5O4/c1-21-7-5-11-27-30(26-10-3-4-12-28(26)35)37-32(38-34(43)36-24-8-6-9-25(17-24)44-2)33(42)40(31(21)27)20-29(41)39-18-22-13-14-23(19-39)16-15-22/h3-12,17,22-23,32H,13-16,18-20H2,1-2H3,(H2,36,38,43). The molecule has 44 heavy (non-hydrogen) atoms. The molecule has 3 fully saturated rings. The summed E-state index contributed by atoms with van der Waals surface area (Å²) >= 11 is 0. The van der Waals surface area contributed by atoms with Gasteiger partial charge < -0.3 is 20.3 Å². The van der Waals surface area contributed by atoms with Crippen LogP contribution in [0.4, 0.5) is 20.6 Å². The number of carbonyl (C=O) groups is 3. The van der Waals surface area contributed by atoms with E-state index in [0.29, 0.717) is 47.6 Å². The summed E-state index contributed by atoms with van der Waals surface area (Å²) in [6.45, 7) is 2.99. The van der Waals surface area contributed by atoms with E-state index in [-0.39, 0.29) is 23.7 Å². The second-order valence-corrected chi connectivity index (χ2v) is 11.8. The van der Waals surface area contributed by atoms with Gasteiger partial charge in [0.2, 0.25) is 12.1 Å². The Labute approximate surface area is 256 Å². The fourth-order valence-corrected chi connectivity index (χ4v) is 6.56. The molecule has 2 bridgehead atoms. The predicted molar refractivity (Wildman–Crippen MR) is 167 cm³/mol. The number of para-hydroxylation sites is 1. The zero-order chi connectivity index (χ0) is 30.8. The minimum absolute atomic E-state index is 0.153. The number of hydrogen-bond donors (Lipinski definition) is 2. The van der Waals surface area contributed by atoms with Gasteiger partial charge in [-0.05, 0) is 74.3 Å². The minimum atomic E-state index is -1.44. The zero-order valence-corrected chi connectivity index (χ0v) is 24.9. The highest BCUT2D eigenvalue weighted by atomic mass is 19.1. The molecule has 3 aromatic rings. The highest BCUT2D eigenvalue weighted by Gasteiger charge is 2.38. The molecule has 4 aliphatic rings. The van der Waals surface area contributed by atoms with Crippen LogP contribution in [0.2, 0.25) is 0 Å². The number of ether oxygens (including phenoxy) is 1. The van der Waals surface area contributed by atoms with Gasteiger partial charge in [0.25, 0.3) is 5.91 Å². The van der Waals surface area contributed by atoms with Crippen LogP contribution in [0.25, 0.3) is 0 Å². The molecule has 9 nitrogen and oxygen atoms in total. The summed E-state index contributed by atoms with van der Waals surface area (Å²) in [5.41, 5.74) is 2.55. The number of aryl methyl sites for hydroxylation is 1. The van der Waals surface area contributed by atoms with Gasteiger partial charge in [0.05, 0.1) is 18.5 Å². The Bertz CT molecular complexity index is 1600. The first kappa shape index (κ1) is 29.3. The number of aliphatic imine (C=N–C) groups is 1. The Hall–Kier alpha value is -4.73. The molecule has 7 rings (SSSR count). The third kappa shape index (κ3) is 6.02. The van der Waals surface area contributed by atoms with E-state index in [9.17, 15) is 14.4 Å². The van der Waals surface area contributed by atoms with Crippen molar-refractivity contribution in [2.24, 2.45) is 16.8 Å². The van der Waals surface area contributed by atoms with E-state index in [1.54, 1.807) is 48.5 Å². The van der Waals surface area contributed by atoms with Gasteiger partial charge in [-0.2, -0.15) is 0 Å². The molecule has 228 valence electrons. The lowest BCUT2D eigenvalue weighted by Gasteiger charge is -2.30. The summed E-state index contributed by atoms with van der Waals surface area (Å²) < 4.78 is 20.5. The maximum atomic E-state index is 15.3. The molecule has 4 amide bonds. The fraction of sp³-hybridized carbons (Fsp3) is 0.353. The molecule has 2 saturated heterocycles. The van der Waals surface area contributed by atoms with Crippen molar-refractivity contribution >= 4 is 34.9 Å². The van der Waals surface area contributed by atoms with Gasteiger partial charge in [0.1, 0.15) is 18.1 Å².